The molecule has 4 aromatic heterocycles. The lowest BCUT2D eigenvalue weighted by Crippen LogP contribution is -2.01. The Labute approximate surface area is 253 Å². The van der Waals surface area contributed by atoms with Gasteiger partial charge in [-0.15, -0.1) is 20.4 Å². The molecule has 18 heteroatoms. The van der Waals surface area contributed by atoms with E-state index in [2.05, 4.69) is 41.0 Å². The molecular weight excluding hydrogens is 638 g/mol. The van der Waals surface area contributed by atoms with E-state index in [4.69, 9.17) is 46.4 Å². The summed E-state index contributed by atoms with van der Waals surface area (Å²) in [5.74, 6) is 0.791. The van der Waals surface area contributed by atoms with Crippen LogP contribution in [0, 0.1) is 0 Å². The average Bonchev–Trinajstić information content (AvgIpc) is 3.70. The van der Waals surface area contributed by atoms with E-state index < -0.39 is 0 Å². The zero-order chi connectivity index (χ0) is 28.0. The molecule has 6 aromatic rings. The van der Waals surface area contributed by atoms with Crippen LogP contribution in [-0.2, 0) is 14.1 Å². The average molecular weight is 652 g/mol. The van der Waals surface area contributed by atoms with Crippen molar-refractivity contribution in [2.45, 2.75) is 10.1 Å². The summed E-state index contributed by atoms with van der Waals surface area (Å²) in [6.45, 7) is 0. The van der Waals surface area contributed by atoms with Gasteiger partial charge in [0.2, 0.25) is 11.6 Å². The van der Waals surface area contributed by atoms with E-state index in [0.717, 1.165) is 0 Å². The third-order valence-electron chi connectivity index (χ3n) is 5.42. The molecule has 0 N–H and O–H groups in total. The van der Waals surface area contributed by atoms with E-state index in [9.17, 15) is 0 Å². The van der Waals surface area contributed by atoms with Crippen LogP contribution in [0.25, 0.3) is 34.2 Å². The highest BCUT2D eigenvalue weighted by Crippen LogP contribution is 2.46. The number of tetrazole rings is 2. The first-order valence-corrected chi connectivity index (χ1v) is 14.8. The fourth-order valence-corrected chi connectivity index (χ4v) is 7.12. The normalized spacial score (nSPS) is 11.4. The maximum atomic E-state index is 6.56. The van der Waals surface area contributed by atoms with Crippen LogP contribution in [-0.4, -0.2) is 60.0 Å². The van der Waals surface area contributed by atoms with E-state index >= 15 is 0 Å². The summed E-state index contributed by atoms with van der Waals surface area (Å²) in [4.78, 5) is 2.75. The quantitative estimate of drug-likeness (QED) is 0.194. The fraction of sp³-hybridized carbons (Fsp3) is 0.0909. The lowest BCUT2D eigenvalue weighted by atomic mass is 10.3. The van der Waals surface area contributed by atoms with Crippen molar-refractivity contribution in [3.63, 3.8) is 0 Å². The summed E-state index contributed by atoms with van der Waals surface area (Å²) in [7, 11) is 6.13. The number of rotatable bonds is 7. The van der Waals surface area contributed by atoms with Gasteiger partial charge < -0.3 is 0 Å². The number of nitrogens with zero attached hydrogens (tertiary/aromatic N) is 12. The van der Waals surface area contributed by atoms with Crippen LogP contribution in [0.2, 0.25) is 20.1 Å². The van der Waals surface area contributed by atoms with Gasteiger partial charge in [-0.25, -0.2) is 9.36 Å². The van der Waals surface area contributed by atoms with Crippen molar-refractivity contribution in [1.29, 1.82) is 0 Å². The van der Waals surface area contributed by atoms with Crippen molar-refractivity contribution < 1.29 is 0 Å². The molecule has 0 saturated heterocycles. The minimum atomic E-state index is 0.395. The minimum absolute atomic E-state index is 0.395. The largest absolute Gasteiger partial charge is 0.224 e. The van der Waals surface area contributed by atoms with Gasteiger partial charge in [-0.1, -0.05) is 46.4 Å². The molecule has 0 spiro atoms. The first kappa shape index (κ1) is 27.1. The summed E-state index contributed by atoms with van der Waals surface area (Å²) in [6.07, 6.45) is 3.31. The summed E-state index contributed by atoms with van der Waals surface area (Å²) in [5.41, 5.74) is 2.53. The van der Waals surface area contributed by atoms with Gasteiger partial charge in [-0.3, -0.25) is 0 Å². The SMILES string of the molecule is Cn1nnc(-c2cnn(-c3ccc(Cl)cc3Cl)c2SSc2c(-c3nnn(C)n3)cnn2-c2ccc(Cl)cc2Cl)n1. The van der Waals surface area contributed by atoms with Gasteiger partial charge in [-0.2, -0.15) is 19.8 Å². The Balaban J connectivity index is 1.47. The Morgan fingerprint density at radius 2 is 1.05 bits per heavy atom. The highest BCUT2D eigenvalue weighted by atomic mass is 35.5. The zero-order valence-corrected chi connectivity index (χ0v) is 25.0. The van der Waals surface area contributed by atoms with E-state index in [-0.39, 0.29) is 0 Å². The highest BCUT2D eigenvalue weighted by Gasteiger charge is 2.25. The van der Waals surface area contributed by atoms with E-state index in [1.165, 1.54) is 31.2 Å². The van der Waals surface area contributed by atoms with Gasteiger partial charge in [0, 0.05) is 10.0 Å². The lowest BCUT2D eigenvalue weighted by molar-refractivity contribution is 0.630. The smallest absolute Gasteiger partial charge is 0.209 e. The molecule has 0 fully saturated rings. The first-order chi connectivity index (χ1) is 19.3. The molecule has 6 rings (SSSR count). The summed E-state index contributed by atoms with van der Waals surface area (Å²) in [6, 6.07) is 10.3. The molecule has 0 saturated carbocycles. The van der Waals surface area contributed by atoms with E-state index in [1.807, 2.05) is 0 Å². The second-order valence-electron chi connectivity index (χ2n) is 8.11. The third-order valence-corrected chi connectivity index (χ3v) is 8.88. The minimum Gasteiger partial charge on any atom is -0.224 e. The Morgan fingerprint density at radius 3 is 1.40 bits per heavy atom. The van der Waals surface area contributed by atoms with Gasteiger partial charge in [0.15, 0.2) is 0 Å². The fourth-order valence-electron chi connectivity index (χ4n) is 3.65. The van der Waals surface area contributed by atoms with Gasteiger partial charge in [0.05, 0.1) is 59.0 Å². The van der Waals surface area contributed by atoms with Gasteiger partial charge in [0.1, 0.15) is 10.1 Å². The van der Waals surface area contributed by atoms with Gasteiger partial charge in [-0.05, 0) is 68.4 Å². The molecule has 0 atom stereocenters. The molecule has 0 aliphatic carbocycles. The molecular formula is C22H14Cl4N12S2. The van der Waals surface area contributed by atoms with Crippen LogP contribution < -0.4 is 0 Å². The first-order valence-electron chi connectivity index (χ1n) is 11.2. The molecule has 40 heavy (non-hydrogen) atoms. The topological polar surface area (TPSA) is 123 Å². The molecule has 0 aliphatic rings. The Bertz CT molecular complexity index is 1730. The van der Waals surface area contributed by atoms with Crippen LogP contribution in [0.5, 0.6) is 0 Å². The molecule has 202 valence electrons. The molecule has 0 aliphatic heterocycles. The van der Waals surface area contributed by atoms with Crippen LogP contribution in [0.15, 0.2) is 58.8 Å². The maximum Gasteiger partial charge on any atom is 0.209 e. The summed E-state index contributed by atoms with van der Waals surface area (Å²) >= 11 is 25.4. The molecule has 0 radical (unpaired) electrons. The second-order valence-corrected chi connectivity index (χ2v) is 11.9. The predicted molar refractivity (Wildman–Crippen MR) is 154 cm³/mol. The number of hydrogen-bond acceptors (Lipinski definition) is 10. The van der Waals surface area contributed by atoms with Crippen LogP contribution in [0.1, 0.15) is 0 Å². The van der Waals surface area contributed by atoms with Crippen molar-refractivity contribution in [3.05, 3.63) is 68.9 Å². The number of hydrogen-bond donors (Lipinski definition) is 0. The van der Waals surface area contributed by atoms with E-state index in [0.29, 0.717) is 64.3 Å². The summed E-state index contributed by atoms with van der Waals surface area (Å²) in [5, 5.41) is 37.4. The van der Waals surface area contributed by atoms with E-state index in [1.54, 1.807) is 72.3 Å². The van der Waals surface area contributed by atoms with Gasteiger partial charge in [0.25, 0.3) is 0 Å². The van der Waals surface area contributed by atoms with Crippen molar-refractivity contribution in [2.24, 2.45) is 14.1 Å². The van der Waals surface area contributed by atoms with Crippen LogP contribution in [0.4, 0.5) is 0 Å². The molecule has 0 amide bonds. The molecule has 12 nitrogen and oxygen atoms in total. The molecule has 0 unspecified atom stereocenters. The Morgan fingerprint density at radius 1 is 0.625 bits per heavy atom. The number of benzene rings is 2. The van der Waals surface area contributed by atoms with Crippen LogP contribution in [0.3, 0.4) is 0 Å². The lowest BCUT2D eigenvalue weighted by Gasteiger charge is -2.12. The molecule has 2 aromatic carbocycles. The molecule has 0 bridgehead atoms. The Hall–Kier alpha value is -3.14. The molecule has 4 heterocycles. The Kier molecular flexibility index (Phi) is 7.46. The van der Waals surface area contributed by atoms with Crippen molar-refractivity contribution in [2.75, 3.05) is 0 Å². The number of aryl methyl sites for hydroxylation is 2. The predicted octanol–water partition coefficient (Wildman–Crippen LogP) is 5.85. The van der Waals surface area contributed by atoms with Gasteiger partial charge >= 0.3 is 0 Å². The number of aromatic nitrogens is 12. The zero-order valence-electron chi connectivity index (χ0n) is 20.3. The monoisotopic (exact) mass is 650 g/mol. The summed E-state index contributed by atoms with van der Waals surface area (Å²) < 4.78 is 3.39. The van der Waals surface area contributed by atoms with Crippen molar-refractivity contribution >= 4 is 68.0 Å². The van der Waals surface area contributed by atoms with Crippen LogP contribution >= 0.6 is 68.0 Å². The highest BCUT2D eigenvalue weighted by molar-refractivity contribution is 8.76. The standard InChI is InChI=1S/C22H14Cl4N12S2/c1-35-31-19(29-33-35)13-9-27-37(17-5-3-11(23)7-15(17)25)21(13)39-40-22-14(20-30-34-36(2)32-20)10-28-38(22)18-6-4-12(24)8-16(18)26/h3-10H,1-2H3. The number of halogens is 4. The third kappa shape index (κ3) is 5.18. The van der Waals surface area contributed by atoms with Crippen molar-refractivity contribution in [3.8, 4) is 34.2 Å². The maximum absolute atomic E-state index is 6.56. The van der Waals surface area contributed by atoms with Crippen molar-refractivity contribution in [1.82, 2.24) is 60.0 Å². The second kappa shape index (κ2) is 11.0.